The molecule has 1 atom stereocenters. The van der Waals surface area contributed by atoms with Gasteiger partial charge in [-0.05, 0) is 50.4 Å². The maximum Gasteiger partial charge on any atom is 0.220 e. The van der Waals surface area contributed by atoms with Crippen molar-refractivity contribution in [3.05, 3.63) is 21.3 Å². The highest BCUT2D eigenvalue weighted by Gasteiger charge is 2.15. The molecule has 112 valence electrons. The molecular formula is C14H21ClN2O2S. The molecule has 4 nitrogen and oxygen atoms in total. The van der Waals surface area contributed by atoms with E-state index < -0.39 is 6.10 Å². The Bertz CT molecular complexity index is 433. The van der Waals surface area contributed by atoms with Crippen LogP contribution < -0.4 is 10.6 Å². The number of piperidine rings is 1. The molecule has 1 aliphatic rings. The maximum atomic E-state index is 11.8. The zero-order valence-corrected chi connectivity index (χ0v) is 13.0. The SMILES string of the molecule is O=C(CCC1CCNCC1)NCC(O)c1ccc(Cl)s1. The largest absolute Gasteiger partial charge is 0.386 e. The Hall–Kier alpha value is -0.620. The van der Waals surface area contributed by atoms with E-state index in [1.807, 2.05) is 0 Å². The van der Waals surface area contributed by atoms with Crippen LogP contribution in [0, 0.1) is 5.92 Å². The van der Waals surface area contributed by atoms with Crippen molar-refractivity contribution in [2.75, 3.05) is 19.6 Å². The van der Waals surface area contributed by atoms with Gasteiger partial charge in [0.25, 0.3) is 0 Å². The van der Waals surface area contributed by atoms with Crippen molar-refractivity contribution in [2.24, 2.45) is 5.92 Å². The van der Waals surface area contributed by atoms with Gasteiger partial charge in [0.05, 0.1) is 4.34 Å². The first-order valence-electron chi connectivity index (χ1n) is 7.06. The Labute approximate surface area is 128 Å². The fourth-order valence-electron chi connectivity index (χ4n) is 2.41. The van der Waals surface area contributed by atoms with Crippen molar-refractivity contribution in [1.29, 1.82) is 0 Å². The Morgan fingerprint density at radius 2 is 2.25 bits per heavy atom. The number of halogens is 1. The van der Waals surface area contributed by atoms with E-state index in [0.717, 1.165) is 37.2 Å². The minimum absolute atomic E-state index is 0.0187. The Balaban J connectivity index is 1.64. The van der Waals surface area contributed by atoms with E-state index in [1.165, 1.54) is 11.3 Å². The third-order valence-electron chi connectivity index (χ3n) is 3.65. The smallest absolute Gasteiger partial charge is 0.220 e. The van der Waals surface area contributed by atoms with Gasteiger partial charge >= 0.3 is 0 Å². The van der Waals surface area contributed by atoms with Gasteiger partial charge in [-0.15, -0.1) is 11.3 Å². The number of hydrogen-bond acceptors (Lipinski definition) is 4. The van der Waals surface area contributed by atoms with Crippen LogP contribution in [0.15, 0.2) is 12.1 Å². The van der Waals surface area contributed by atoms with Crippen molar-refractivity contribution in [2.45, 2.75) is 31.8 Å². The van der Waals surface area contributed by atoms with Gasteiger partial charge in [0.2, 0.25) is 5.91 Å². The predicted octanol–water partition coefficient (Wildman–Crippen LogP) is 2.33. The van der Waals surface area contributed by atoms with Crippen LogP contribution in [0.5, 0.6) is 0 Å². The summed E-state index contributed by atoms with van der Waals surface area (Å²) in [6.45, 7) is 2.37. The summed E-state index contributed by atoms with van der Waals surface area (Å²) in [5.41, 5.74) is 0. The molecule has 6 heteroatoms. The van der Waals surface area contributed by atoms with Crippen molar-refractivity contribution >= 4 is 28.8 Å². The standard InChI is InChI=1S/C14H21ClN2O2S/c15-13-3-2-12(20-13)11(18)9-17-14(19)4-1-10-5-7-16-8-6-10/h2-3,10-11,16,18H,1,4-9H2,(H,17,19). The summed E-state index contributed by atoms with van der Waals surface area (Å²) in [7, 11) is 0. The number of aliphatic hydroxyl groups excluding tert-OH is 1. The quantitative estimate of drug-likeness (QED) is 0.755. The van der Waals surface area contributed by atoms with Gasteiger partial charge < -0.3 is 15.7 Å². The molecule has 1 aromatic heterocycles. The second kappa shape index (κ2) is 7.98. The second-order valence-electron chi connectivity index (χ2n) is 5.19. The predicted molar refractivity (Wildman–Crippen MR) is 82.1 cm³/mol. The molecule has 1 aromatic rings. The number of rotatable bonds is 6. The molecule has 0 bridgehead atoms. The van der Waals surface area contributed by atoms with E-state index in [1.54, 1.807) is 12.1 Å². The molecule has 1 fully saturated rings. The van der Waals surface area contributed by atoms with Crippen LogP contribution in [0.4, 0.5) is 0 Å². The molecular weight excluding hydrogens is 296 g/mol. The van der Waals surface area contributed by atoms with E-state index >= 15 is 0 Å². The molecule has 0 aliphatic carbocycles. The van der Waals surface area contributed by atoms with Crippen LogP contribution in [-0.2, 0) is 4.79 Å². The summed E-state index contributed by atoms with van der Waals surface area (Å²) in [5.74, 6) is 0.674. The average molecular weight is 317 g/mol. The monoisotopic (exact) mass is 316 g/mol. The molecule has 0 saturated carbocycles. The van der Waals surface area contributed by atoms with E-state index in [4.69, 9.17) is 11.6 Å². The highest BCUT2D eigenvalue weighted by atomic mass is 35.5. The van der Waals surface area contributed by atoms with Crippen LogP contribution in [0.3, 0.4) is 0 Å². The first kappa shape index (κ1) is 15.8. The summed E-state index contributed by atoms with van der Waals surface area (Å²) in [6, 6.07) is 3.54. The molecule has 1 saturated heterocycles. The minimum atomic E-state index is -0.671. The lowest BCUT2D eigenvalue weighted by molar-refractivity contribution is -0.121. The van der Waals surface area contributed by atoms with Gasteiger partial charge in [-0.2, -0.15) is 0 Å². The molecule has 0 aromatic carbocycles. The van der Waals surface area contributed by atoms with E-state index in [2.05, 4.69) is 10.6 Å². The van der Waals surface area contributed by atoms with E-state index in [0.29, 0.717) is 16.7 Å². The van der Waals surface area contributed by atoms with Crippen LogP contribution in [0.25, 0.3) is 0 Å². The average Bonchev–Trinajstić information content (AvgIpc) is 2.90. The Kier molecular flexibility index (Phi) is 6.29. The normalized spacial score (nSPS) is 17.9. The lowest BCUT2D eigenvalue weighted by atomic mass is 9.93. The number of carbonyl (C=O) groups is 1. The van der Waals surface area contributed by atoms with Gasteiger partial charge in [0, 0.05) is 17.8 Å². The van der Waals surface area contributed by atoms with Crippen molar-refractivity contribution in [3.8, 4) is 0 Å². The summed E-state index contributed by atoms with van der Waals surface area (Å²) < 4.78 is 0.649. The molecule has 1 amide bonds. The van der Waals surface area contributed by atoms with Gasteiger partial charge in [-0.1, -0.05) is 11.6 Å². The van der Waals surface area contributed by atoms with Gasteiger partial charge in [-0.3, -0.25) is 4.79 Å². The minimum Gasteiger partial charge on any atom is -0.386 e. The topological polar surface area (TPSA) is 61.4 Å². The molecule has 2 rings (SSSR count). The highest BCUT2D eigenvalue weighted by molar-refractivity contribution is 7.16. The number of aliphatic hydroxyl groups is 1. The van der Waals surface area contributed by atoms with Crippen LogP contribution in [0.2, 0.25) is 4.34 Å². The fourth-order valence-corrected chi connectivity index (χ4v) is 3.46. The van der Waals surface area contributed by atoms with E-state index in [-0.39, 0.29) is 12.5 Å². The summed E-state index contributed by atoms with van der Waals surface area (Å²) in [6.07, 6.45) is 3.12. The molecule has 0 radical (unpaired) electrons. The molecule has 2 heterocycles. The Morgan fingerprint density at radius 1 is 1.50 bits per heavy atom. The molecule has 3 N–H and O–H groups in total. The van der Waals surface area contributed by atoms with Crippen LogP contribution >= 0.6 is 22.9 Å². The summed E-state index contributed by atoms with van der Waals surface area (Å²) >= 11 is 7.16. The molecule has 0 spiro atoms. The van der Waals surface area contributed by atoms with Gasteiger partial charge in [-0.25, -0.2) is 0 Å². The maximum absolute atomic E-state index is 11.8. The van der Waals surface area contributed by atoms with Crippen molar-refractivity contribution < 1.29 is 9.90 Å². The van der Waals surface area contributed by atoms with Gasteiger partial charge in [0.1, 0.15) is 6.10 Å². The van der Waals surface area contributed by atoms with Crippen LogP contribution in [-0.4, -0.2) is 30.6 Å². The highest BCUT2D eigenvalue weighted by Crippen LogP contribution is 2.26. The lowest BCUT2D eigenvalue weighted by Gasteiger charge is -2.22. The lowest BCUT2D eigenvalue weighted by Crippen LogP contribution is -2.30. The number of amides is 1. The second-order valence-corrected chi connectivity index (χ2v) is 6.94. The molecule has 1 aliphatic heterocycles. The zero-order chi connectivity index (χ0) is 14.4. The number of thiophene rings is 1. The first-order chi connectivity index (χ1) is 9.65. The van der Waals surface area contributed by atoms with Crippen molar-refractivity contribution in [3.63, 3.8) is 0 Å². The zero-order valence-electron chi connectivity index (χ0n) is 11.4. The number of carbonyl (C=O) groups excluding carboxylic acids is 1. The van der Waals surface area contributed by atoms with Crippen LogP contribution in [0.1, 0.15) is 36.7 Å². The van der Waals surface area contributed by atoms with Gasteiger partial charge in [0.15, 0.2) is 0 Å². The Morgan fingerprint density at radius 3 is 2.90 bits per heavy atom. The molecule has 20 heavy (non-hydrogen) atoms. The summed E-state index contributed by atoms with van der Waals surface area (Å²) in [4.78, 5) is 12.6. The third kappa shape index (κ3) is 5.05. The molecule has 1 unspecified atom stereocenters. The summed E-state index contributed by atoms with van der Waals surface area (Å²) in [5, 5.41) is 16.0. The third-order valence-corrected chi connectivity index (χ3v) is 4.99. The number of nitrogens with one attached hydrogen (secondary N) is 2. The first-order valence-corrected chi connectivity index (χ1v) is 8.25. The fraction of sp³-hybridized carbons (Fsp3) is 0.643. The number of hydrogen-bond donors (Lipinski definition) is 3. The van der Waals surface area contributed by atoms with Crippen molar-refractivity contribution in [1.82, 2.24) is 10.6 Å². The van der Waals surface area contributed by atoms with E-state index in [9.17, 15) is 9.90 Å².